The Kier molecular flexibility index (Phi) is 8.80. The van der Waals surface area contributed by atoms with Crippen molar-refractivity contribution in [3.8, 4) is 0 Å². The second-order valence-electron chi connectivity index (χ2n) is 9.28. The van der Waals surface area contributed by atoms with Crippen LogP contribution >= 0.6 is 23.4 Å². The topological polar surface area (TPSA) is 44.7 Å². The maximum absolute atomic E-state index is 12.8. The molecule has 2 aromatic carbocycles. The Labute approximate surface area is 201 Å². The van der Waals surface area contributed by atoms with Crippen molar-refractivity contribution in [1.29, 1.82) is 0 Å². The number of fused-ring (bicyclic) bond motifs is 2. The van der Waals surface area contributed by atoms with Crippen LogP contribution in [0.4, 0.5) is 5.69 Å². The van der Waals surface area contributed by atoms with Gasteiger partial charge in [0.15, 0.2) is 0 Å². The van der Waals surface area contributed by atoms with Crippen LogP contribution in [0, 0.1) is 11.8 Å². The number of halogens is 1. The van der Waals surface area contributed by atoms with Crippen LogP contribution in [0.1, 0.15) is 57.0 Å². The summed E-state index contributed by atoms with van der Waals surface area (Å²) in [5.41, 5.74) is 3.41. The quantitative estimate of drug-likeness (QED) is 0.415. The Morgan fingerprint density at radius 1 is 1.06 bits per heavy atom. The highest BCUT2D eigenvalue weighted by Gasteiger charge is 2.17. The first-order chi connectivity index (χ1) is 15.2. The summed E-state index contributed by atoms with van der Waals surface area (Å²) in [5, 5.41) is 3.78. The van der Waals surface area contributed by atoms with E-state index in [1.54, 1.807) is 11.8 Å². The predicted molar refractivity (Wildman–Crippen MR) is 137 cm³/mol. The van der Waals surface area contributed by atoms with Crippen LogP contribution in [0.25, 0.3) is 0 Å². The van der Waals surface area contributed by atoms with E-state index in [-0.39, 0.29) is 5.91 Å². The minimum absolute atomic E-state index is 0.0465. The summed E-state index contributed by atoms with van der Waals surface area (Å²) in [6.07, 6.45) is 0.944. The second kappa shape index (κ2) is 11.4. The molecule has 2 aromatic rings. The van der Waals surface area contributed by atoms with Gasteiger partial charge in [0, 0.05) is 51.3 Å². The summed E-state index contributed by atoms with van der Waals surface area (Å²) < 4.78 is 0. The highest BCUT2D eigenvalue weighted by Crippen LogP contribution is 2.41. The van der Waals surface area contributed by atoms with Gasteiger partial charge in [-0.25, -0.2) is 0 Å². The molecule has 0 saturated heterocycles. The van der Waals surface area contributed by atoms with Crippen LogP contribution in [0.15, 0.2) is 51.2 Å². The number of hydrogen-bond acceptors (Lipinski definition) is 4. The molecule has 1 aliphatic heterocycles. The standard InChI is InChI=1S/C26H34ClN3OS/c1-17(2)15-30(16-18(3)4)12-6-11-28-26(31)20-7-9-25-23(13-20)29-19(5)22-14-21(27)8-10-24(22)32-25/h7-10,13-14,17-18H,6,11-12,15-16H2,1-5H3,(H,28,31). The third-order valence-corrected chi connectivity index (χ3v) is 6.62. The maximum Gasteiger partial charge on any atom is 0.251 e. The predicted octanol–water partition coefficient (Wildman–Crippen LogP) is 6.68. The molecule has 6 heteroatoms. The van der Waals surface area contributed by atoms with E-state index in [2.05, 4.69) is 37.9 Å². The lowest BCUT2D eigenvalue weighted by Gasteiger charge is -2.26. The first-order valence-electron chi connectivity index (χ1n) is 11.4. The van der Waals surface area contributed by atoms with E-state index in [0.717, 1.165) is 52.8 Å². The molecule has 0 atom stereocenters. The zero-order valence-corrected chi connectivity index (χ0v) is 21.3. The molecule has 0 spiro atoms. The molecular formula is C26H34ClN3OS. The lowest BCUT2D eigenvalue weighted by molar-refractivity contribution is 0.0950. The SMILES string of the molecule is CC1=Nc2cc(C(=O)NCCCN(CC(C)C)CC(C)C)ccc2Sc2ccc(Cl)cc21. The third-order valence-electron chi connectivity index (χ3n) is 5.24. The van der Waals surface area contributed by atoms with Crippen molar-refractivity contribution < 1.29 is 4.79 Å². The molecule has 1 aliphatic rings. The fourth-order valence-corrected chi connectivity index (χ4v) is 5.17. The number of rotatable bonds is 9. The molecule has 1 heterocycles. The molecule has 0 radical (unpaired) electrons. The van der Waals surface area contributed by atoms with Gasteiger partial charge in [-0.1, -0.05) is 51.1 Å². The smallest absolute Gasteiger partial charge is 0.251 e. The van der Waals surface area contributed by atoms with Gasteiger partial charge in [-0.2, -0.15) is 0 Å². The Balaban J connectivity index is 1.62. The molecule has 0 aliphatic carbocycles. The lowest BCUT2D eigenvalue weighted by atomic mass is 10.1. The van der Waals surface area contributed by atoms with Crippen molar-refractivity contribution in [2.45, 2.75) is 50.8 Å². The van der Waals surface area contributed by atoms with Crippen LogP contribution in [-0.4, -0.2) is 42.7 Å². The second-order valence-corrected chi connectivity index (χ2v) is 10.8. The Hall–Kier alpha value is -1.82. The summed E-state index contributed by atoms with van der Waals surface area (Å²) in [6, 6.07) is 11.6. The minimum Gasteiger partial charge on any atom is -0.352 e. The Morgan fingerprint density at radius 2 is 1.75 bits per heavy atom. The van der Waals surface area contributed by atoms with Crippen molar-refractivity contribution in [1.82, 2.24) is 10.2 Å². The first kappa shape index (κ1) is 24.8. The van der Waals surface area contributed by atoms with Gasteiger partial charge in [0.25, 0.3) is 5.91 Å². The molecule has 32 heavy (non-hydrogen) atoms. The van der Waals surface area contributed by atoms with E-state index in [1.807, 2.05) is 43.3 Å². The van der Waals surface area contributed by atoms with Crippen LogP contribution in [0.5, 0.6) is 0 Å². The van der Waals surface area contributed by atoms with Gasteiger partial charge in [0.2, 0.25) is 0 Å². The summed E-state index contributed by atoms with van der Waals surface area (Å²) in [7, 11) is 0. The molecule has 0 unspecified atom stereocenters. The van der Waals surface area contributed by atoms with Crippen molar-refractivity contribution in [3.63, 3.8) is 0 Å². The molecule has 0 fully saturated rings. The van der Waals surface area contributed by atoms with E-state index in [1.165, 1.54) is 0 Å². The van der Waals surface area contributed by atoms with E-state index in [4.69, 9.17) is 16.6 Å². The fourth-order valence-electron chi connectivity index (χ4n) is 3.96. The number of carbonyl (C=O) groups is 1. The summed E-state index contributed by atoms with van der Waals surface area (Å²) in [4.78, 5) is 22.2. The fraction of sp³-hybridized carbons (Fsp3) is 0.462. The van der Waals surface area contributed by atoms with Gasteiger partial charge in [-0.3, -0.25) is 9.79 Å². The number of nitrogens with one attached hydrogen (secondary N) is 1. The Bertz CT molecular complexity index is 977. The van der Waals surface area contributed by atoms with Crippen molar-refractivity contribution in [3.05, 3.63) is 52.5 Å². The van der Waals surface area contributed by atoms with Gasteiger partial charge >= 0.3 is 0 Å². The number of amides is 1. The zero-order chi connectivity index (χ0) is 23.3. The highest BCUT2D eigenvalue weighted by molar-refractivity contribution is 7.99. The maximum atomic E-state index is 12.8. The van der Waals surface area contributed by atoms with E-state index in [9.17, 15) is 4.79 Å². The minimum atomic E-state index is -0.0465. The van der Waals surface area contributed by atoms with Crippen molar-refractivity contribution in [2.75, 3.05) is 26.2 Å². The summed E-state index contributed by atoms with van der Waals surface area (Å²) in [6.45, 7) is 14.9. The van der Waals surface area contributed by atoms with Crippen molar-refractivity contribution in [2.24, 2.45) is 16.8 Å². The Morgan fingerprint density at radius 3 is 2.44 bits per heavy atom. The molecule has 3 rings (SSSR count). The first-order valence-corrected chi connectivity index (χ1v) is 12.6. The number of carbonyl (C=O) groups excluding carboxylic acids is 1. The number of benzene rings is 2. The largest absolute Gasteiger partial charge is 0.352 e. The van der Waals surface area contributed by atoms with Crippen LogP contribution in [-0.2, 0) is 0 Å². The average Bonchev–Trinajstić information content (AvgIpc) is 2.85. The molecule has 1 N–H and O–H groups in total. The van der Waals surface area contributed by atoms with Crippen molar-refractivity contribution >= 4 is 40.7 Å². The highest BCUT2D eigenvalue weighted by atomic mass is 35.5. The molecule has 172 valence electrons. The van der Waals surface area contributed by atoms with Crippen LogP contribution < -0.4 is 5.32 Å². The summed E-state index contributed by atoms with van der Waals surface area (Å²) in [5.74, 6) is 1.24. The normalized spacial score (nSPS) is 13.1. The molecule has 4 nitrogen and oxygen atoms in total. The third kappa shape index (κ3) is 6.84. The van der Waals surface area contributed by atoms with E-state index < -0.39 is 0 Å². The van der Waals surface area contributed by atoms with Gasteiger partial charge in [0.05, 0.1) is 5.69 Å². The van der Waals surface area contributed by atoms with Crippen LogP contribution in [0.3, 0.4) is 0 Å². The molecule has 1 amide bonds. The average molecular weight is 472 g/mol. The number of aliphatic imine (C=N–C) groups is 1. The number of hydrogen-bond donors (Lipinski definition) is 1. The molecule has 0 aromatic heterocycles. The van der Waals surface area contributed by atoms with Gasteiger partial charge in [-0.05, 0) is 68.1 Å². The zero-order valence-electron chi connectivity index (χ0n) is 19.7. The summed E-state index contributed by atoms with van der Waals surface area (Å²) >= 11 is 7.84. The van der Waals surface area contributed by atoms with Crippen LogP contribution in [0.2, 0.25) is 5.02 Å². The van der Waals surface area contributed by atoms with Gasteiger partial charge < -0.3 is 10.2 Å². The van der Waals surface area contributed by atoms with Gasteiger partial charge in [-0.15, -0.1) is 0 Å². The molecule has 0 bridgehead atoms. The monoisotopic (exact) mass is 471 g/mol. The van der Waals surface area contributed by atoms with E-state index in [0.29, 0.717) is 29.0 Å². The van der Waals surface area contributed by atoms with E-state index >= 15 is 0 Å². The molecule has 0 saturated carbocycles. The number of nitrogens with zero attached hydrogens (tertiary/aromatic N) is 2. The molecular weight excluding hydrogens is 438 g/mol. The lowest BCUT2D eigenvalue weighted by Crippen LogP contribution is -2.34. The van der Waals surface area contributed by atoms with Gasteiger partial charge in [0.1, 0.15) is 0 Å².